The van der Waals surface area contributed by atoms with Gasteiger partial charge in [-0.3, -0.25) is 4.79 Å². The second-order valence-corrected chi connectivity index (χ2v) is 6.03. The van der Waals surface area contributed by atoms with Gasteiger partial charge in [0.1, 0.15) is 6.61 Å². The molecule has 0 N–H and O–H groups in total. The van der Waals surface area contributed by atoms with Crippen LogP contribution in [0.5, 0.6) is 0 Å². The smallest absolute Gasteiger partial charge is 0.253 e. The molecule has 0 radical (unpaired) electrons. The fourth-order valence-corrected chi connectivity index (χ4v) is 2.31. The number of rotatable bonds is 2. The van der Waals surface area contributed by atoms with Gasteiger partial charge in [0, 0.05) is 12.2 Å². The van der Waals surface area contributed by atoms with Crippen molar-refractivity contribution in [1.29, 1.82) is 0 Å². The van der Waals surface area contributed by atoms with Gasteiger partial charge in [-0.2, -0.15) is 0 Å². The number of carbonyl (C=O) groups excluding carboxylic acids is 1. The Bertz CT molecular complexity index is 448. The maximum atomic E-state index is 12.4. The molecule has 1 aliphatic rings. The molecule has 1 amide bonds. The van der Waals surface area contributed by atoms with Crippen molar-refractivity contribution in [3.05, 3.63) is 29.8 Å². The van der Waals surface area contributed by atoms with Crippen LogP contribution in [0.15, 0.2) is 24.3 Å². The maximum absolute atomic E-state index is 12.4. The van der Waals surface area contributed by atoms with Crippen molar-refractivity contribution in [1.82, 2.24) is 0 Å². The number of anilines is 1. The fourth-order valence-electron chi connectivity index (χ4n) is 2.31. The summed E-state index contributed by atoms with van der Waals surface area (Å²) in [4.78, 5) is 14.2. The Kier molecular flexibility index (Phi) is 4.25. The van der Waals surface area contributed by atoms with Gasteiger partial charge in [0.25, 0.3) is 5.91 Å². The first-order valence-corrected chi connectivity index (χ1v) is 6.99. The molecule has 1 aromatic rings. The number of carbonyl (C=O) groups is 1. The second kappa shape index (κ2) is 5.74. The Morgan fingerprint density at radius 3 is 2.74 bits per heavy atom. The van der Waals surface area contributed by atoms with E-state index in [2.05, 4.69) is 6.07 Å². The monoisotopic (exact) mass is 261 g/mol. The minimum Gasteiger partial charge on any atom is -0.366 e. The molecule has 19 heavy (non-hydrogen) atoms. The van der Waals surface area contributed by atoms with E-state index in [4.69, 9.17) is 4.74 Å². The predicted octanol–water partition coefficient (Wildman–Crippen LogP) is 3.17. The summed E-state index contributed by atoms with van der Waals surface area (Å²) in [7, 11) is 0. The normalized spacial score (nSPS) is 15.8. The van der Waals surface area contributed by atoms with Crippen LogP contribution < -0.4 is 4.90 Å². The van der Waals surface area contributed by atoms with E-state index in [1.165, 1.54) is 5.56 Å². The fraction of sp³-hybridized carbons (Fsp3) is 0.562. The number of para-hydroxylation sites is 1. The van der Waals surface area contributed by atoms with Crippen molar-refractivity contribution < 1.29 is 9.53 Å². The number of benzene rings is 1. The van der Waals surface area contributed by atoms with Crippen molar-refractivity contribution in [3.8, 4) is 0 Å². The quantitative estimate of drug-likeness (QED) is 0.818. The van der Waals surface area contributed by atoms with E-state index in [1.807, 2.05) is 43.9 Å². The van der Waals surface area contributed by atoms with Gasteiger partial charge in [-0.15, -0.1) is 0 Å². The molecule has 1 heterocycles. The van der Waals surface area contributed by atoms with E-state index in [9.17, 15) is 4.79 Å². The lowest BCUT2D eigenvalue weighted by Crippen LogP contribution is -2.37. The van der Waals surface area contributed by atoms with Crippen LogP contribution in [-0.2, 0) is 16.0 Å². The first-order chi connectivity index (χ1) is 8.97. The molecular weight excluding hydrogens is 238 g/mol. The highest BCUT2D eigenvalue weighted by Crippen LogP contribution is 2.26. The molecule has 0 fully saturated rings. The van der Waals surface area contributed by atoms with Gasteiger partial charge in [0.15, 0.2) is 0 Å². The van der Waals surface area contributed by atoms with Gasteiger partial charge in [-0.05, 0) is 51.7 Å². The number of aryl methyl sites for hydroxylation is 1. The minimum atomic E-state index is -0.277. The number of nitrogens with zero attached hydrogens (tertiary/aromatic N) is 1. The zero-order valence-electron chi connectivity index (χ0n) is 12.1. The minimum absolute atomic E-state index is 0.0595. The Morgan fingerprint density at radius 2 is 2.00 bits per heavy atom. The molecule has 0 saturated carbocycles. The van der Waals surface area contributed by atoms with Crippen LogP contribution >= 0.6 is 0 Å². The Morgan fingerprint density at radius 1 is 1.26 bits per heavy atom. The molecule has 0 unspecified atom stereocenters. The first-order valence-electron chi connectivity index (χ1n) is 6.99. The lowest BCUT2D eigenvalue weighted by Gasteiger charge is -2.25. The van der Waals surface area contributed by atoms with Gasteiger partial charge < -0.3 is 9.64 Å². The van der Waals surface area contributed by atoms with Crippen molar-refractivity contribution in [2.24, 2.45) is 0 Å². The van der Waals surface area contributed by atoms with Crippen LogP contribution in [0.4, 0.5) is 5.69 Å². The average molecular weight is 261 g/mol. The van der Waals surface area contributed by atoms with Crippen LogP contribution in [0.3, 0.4) is 0 Å². The summed E-state index contributed by atoms with van der Waals surface area (Å²) in [6, 6.07) is 8.19. The van der Waals surface area contributed by atoms with E-state index in [0.29, 0.717) is 0 Å². The Hall–Kier alpha value is -1.35. The highest BCUT2D eigenvalue weighted by molar-refractivity contribution is 5.95. The van der Waals surface area contributed by atoms with Gasteiger partial charge in [-0.25, -0.2) is 0 Å². The topological polar surface area (TPSA) is 29.5 Å². The highest BCUT2D eigenvalue weighted by atomic mass is 16.5. The van der Waals surface area contributed by atoms with Gasteiger partial charge in [0.05, 0.1) is 5.60 Å². The highest BCUT2D eigenvalue weighted by Gasteiger charge is 2.22. The molecule has 0 bridgehead atoms. The summed E-state index contributed by atoms with van der Waals surface area (Å²) in [5.74, 6) is 0.0595. The zero-order chi connectivity index (χ0) is 13.9. The largest absolute Gasteiger partial charge is 0.366 e. The molecule has 1 aromatic carbocycles. The average Bonchev–Trinajstić information content (AvgIpc) is 2.57. The zero-order valence-corrected chi connectivity index (χ0v) is 12.1. The lowest BCUT2D eigenvalue weighted by atomic mass is 10.1. The van der Waals surface area contributed by atoms with E-state index in [1.54, 1.807) is 0 Å². The van der Waals surface area contributed by atoms with E-state index in [-0.39, 0.29) is 18.1 Å². The summed E-state index contributed by atoms with van der Waals surface area (Å²) in [6.45, 7) is 6.85. The van der Waals surface area contributed by atoms with E-state index >= 15 is 0 Å². The lowest BCUT2D eigenvalue weighted by molar-refractivity contribution is -0.127. The van der Waals surface area contributed by atoms with Crippen molar-refractivity contribution in [2.45, 2.75) is 45.6 Å². The molecular formula is C16H23NO2. The standard InChI is InChI=1S/C16H23NO2/c1-16(2,3)19-12-15(18)17-11-7-6-9-13-8-4-5-10-14(13)17/h4-5,8,10H,6-7,9,11-12H2,1-3H3. The van der Waals surface area contributed by atoms with Gasteiger partial charge in [0.2, 0.25) is 0 Å². The third kappa shape index (κ3) is 3.80. The number of ether oxygens (including phenoxy) is 1. The maximum Gasteiger partial charge on any atom is 0.253 e. The molecule has 0 atom stereocenters. The SMILES string of the molecule is CC(C)(C)OCC(=O)N1CCCCc2ccccc21. The van der Waals surface area contributed by atoms with Crippen LogP contribution in [0.2, 0.25) is 0 Å². The van der Waals surface area contributed by atoms with Crippen molar-refractivity contribution in [3.63, 3.8) is 0 Å². The molecule has 2 rings (SSSR count). The van der Waals surface area contributed by atoms with Crippen molar-refractivity contribution >= 4 is 11.6 Å². The third-order valence-electron chi connectivity index (χ3n) is 3.29. The van der Waals surface area contributed by atoms with Crippen molar-refractivity contribution in [2.75, 3.05) is 18.1 Å². The number of amides is 1. The molecule has 3 nitrogen and oxygen atoms in total. The first kappa shape index (κ1) is 14.1. The number of fused-ring (bicyclic) bond motifs is 1. The van der Waals surface area contributed by atoms with Crippen LogP contribution in [0.1, 0.15) is 39.2 Å². The van der Waals surface area contributed by atoms with Gasteiger partial charge >= 0.3 is 0 Å². The summed E-state index contributed by atoms with van der Waals surface area (Å²) in [6.07, 6.45) is 3.25. The molecule has 0 saturated heterocycles. The second-order valence-electron chi connectivity index (χ2n) is 6.03. The third-order valence-corrected chi connectivity index (χ3v) is 3.29. The summed E-state index contributed by atoms with van der Waals surface area (Å²) >= 11 is 0. The van der Waals surface area contributed by atoms with E-state index < -0.39 is 0 Å². The molecule has 3 heteroatoms. The van der Waals surface area contributed by atoms with Crippen LogP contribution in [0.25, 0.3) is 0 Å². The number of hydrogen-bond donors (Lipinski definition) is 0. The Balaban J connectivity index is 2.13. The predicted molar refractivity (Wildman–Crippen MR) is 77.4 cm³/mol. The molecule has 104 valence electrons. The molecule has 0 aliphatic carbocycles. The summed E-state index contributed by atoms with van der Waals surface area (Å²) < 4.78 is 5.61. The van der Waals surface area contributed by atoms with E-state index in [0.717, 1.165) is 31.5 Å². The summed E-state index contributed by atoms with van der Waals surface area (Å²) in [5.41, 5.74) is 2.05. The molecule has 1 aliphatic heterocycles. The summed E-state index contributed by atoms with van der Waals surface area (Å²) in [5, 5.41) is 0. The number of hydrogen-bond acceptors (Lipinski definition) is 2. The molecule has 0 aromatic heterocycles. The van der Waals surface area contributed by atoms with Crippen LogP contribution in [0, 0.1) is 0 Å². The molecule has 0 spiro atoms. The van der Waals surface area contributed by atoms with Gasteiger partial charge in [-0.1, -0.05) is 18.2 Å². The van der Waals surface area contributed by atoms with Crippen LogP contribution in [-0.4, -0.2) is 24.7 Å². The Labute approximate surface area is 115 Å².